The highest BCUT2D eigenvalue weighted by Crippen LogP contribution is 2.19. The fraction of sp³-hybridized carbons (Fsp3) is 0.294. The molecule has 0 aromatic heterocycles. The van der Waals surface area contributed by atoms with E-state index in [1.54, 1.807) is 0 Å². The van der Waals surface area contributed by atoms with E-state index in [0.717, 1.165) is 44.0 Å². The molecule has 0 aliphatic carbocycles. The molecule has 0 spiro atoms. The van der Waals surface area contributed by atoms with Crippen LogP contribution in [0.15, 0.2) is 48.5 Å². The van der Waals surface area contributed by atoms with Gasteiger partial charge in [0, 0.05) is 44.1 Å². The van der Waals surface area contributed by atoms with Gasteiger partial charge in [-0.15, -0.1) is 0 Å². The largest absolute Gasteiger partial charge is 0.399 e. The number of piperazine rings is 1. The monoisotopic (exact) mass is 285 g/mol. The Balaban J connectivity index is 1.56. The number of hydrogen-bond donors (Lipinski definition) is 1. The first-order valence-corrected chi connectivity index (χ1v) is 7.28. The Hall–Kier alpha value is -2.07. The van der Waals surface area contributed by atoms with Crippen LogP contribution in [0.25, 0.3) is 0 Å². The van der Waals surface area contributed by atoms with Gasteiger partial charge in [0.25, 0.3) is 0 Å². The van der Waals surface area contributed by atoms with Gasteiger partial charge in [0.2, 0.25) is 0 Å². The van der Waals surface area contributed by atoms with Gasteiger partial charge in [-0.1, -0.05) is 18.2 Å². The lowest BCUT2D eigenvalue weighted by Crippen LogP contribution is -2.45. The van der Waals surface area contributed by atoms with E-state index in [0.29, 0.717) is 0 Å². The Morgan fingerprint density at radius 2 is 1.67 bits per heavy atom. The summed E-state index contributed by atoms with van der Waals surface area (Å²) in [5.74, 6) is -0.176. The zero-order valence-corrected chi connectivity index (χ0v) is 12.0. The predicted molar refractivity (Wildman–Crippen MR) is 84.7 cm³/mol. The van der Waals surface area contributed by atoms with Gasteiger partial charge in [-0.2, -0.15) is 0 Å². The lowest BCUT2D eigenvalue weighted by atomic mass is 10.2. The molecule has 1 aliphatic heterocycles. The van der Waals surface area contributed by atoms with Crippen molar-refractivity contribution in [2.75, 3.05) is 36.8 Å². The van der Waals surface area contributed by atoms with Gasteiger partial charge in [0.05, 0.1) is 0 Å². The van der Waals surface area contributed by atoms with Crippen LogP contribution in [0, 0.1) is 5.82 Å². The molecule has 0 radical (unpaired) electrons. The molecule has 1 aliphatic rings. The molecule has 3 nitrogen and oxygen atoms in total. The molecule has 2 aromatic rings. The standard InChI is InChI=1S/C17H20FN3/c18-15-6-4-14(5-7-15)13-20-8-10-21(11-9-20)17-3-1-2-16(19)12-17/h1-7,12H,8-11,13,19H2. The van der Waals surface area contributed by atoms with Crippen molar-refractivity contribution in [1.82, 2.24) is 4.90 Å². The van der Waals surface area contributed by atoms with Gasteiger partial charge in [-0.05, 0) is 35.9 Å². The zero-order valence-electron chi connectivity index (χ0n) is 12.0. The molecule has 0 amide bonds. The Kier molecular flexibility index (Phi) is 4.06. The number of nitrogens with zero attached hydrogens (tertiary/aromatic N) is 2. The topological polar surface area (TPSA) is 32.5 Å². The van der Waals surface area contributed by atoms with Gasteiger partial charge in [-0.3, -0.25) is 4.90 Å². The highest BCUT2D eigenvalue weighted by Gasteiger charge is 2.17. The van der Waals surface area contributed by atoms with Crippen molar-refractivity contribution in [3.8, 4) is 0 Å². The molecule has 0 saturated carbocycles. The Morgan fingerprint density at radius 1 is 0.952 bits per heavy atom. The lowest BCUT2D eigenvalue weighted by Gasteiger charge is -2.36. The minimum Gasteiger partial charge on any atom is -0.399 e. The van der Waals surface area contributed by atoms with Gasteiger partial charge >= 0.3 is 0 Å². The van der Waals surface area contributed by atoms with Crippen molar-refractivity contribution in [2.24, 2.45) is 0 Å². The number of nitrogen functional groups attached to an aromatic ring is 1. The first kappa shape index (κ1) is 13.9. The minimum absolute atomic E-state index is 0.176. The SMILES string of the molecule is Nc1cccc(N2CCN(Cc3ccc(F)cc3)CC2)c1. The van der Waals surface area contributed by atoms with E-state index < -0.39 is 0 Å². The summed E-state index contributed by atoms with van der Waals surface area (Å²) in [5, 5.41) is 0. The van der Waals surface area contributed by atoms with E-state index in [-0.39, 0.29) is 5.82 Å². The highest BCUT2D eigenvalue weighted by atomic mass is 19.1. The van der Waals surface area contributed by atoms with Crippen molar-refractivity contribution >= 4 is 11.4 Å². The molecule has 21 heavy (non-hydrogen) atoms. The van der Waals surface area contributed by atoms with Crippen molar-refractivity contribution in [1.29, 1.82) is 0 Å². The van der Waals surface area contributed by atoms with Gasteiger partial charge < -0.3 is 10.6 Å². The molecule has 110 valence electrons. The molecule has 0 unspecified atom stereocenters. The average Bonchev–Trinajstić information content (AvgIpc) is 2.50. The number of anilines is 2. The summed E-state index contributed by atoms with van der Waals surface area (Å²) in [7, 11) is 0. The third kappa shape index (κ3) is 3.52. The number of hydrogen-bond acceptors (Lipinski definition) is 3. The molecule has 1 fully saturated rings. The normalized spacial score (nSPS) is 16.1. The summed E-state index contributed by atoms with van der Waals surface area (Å²) in [6, 6.07) is 14.8. The van der Waals surface area contributed by atoms with Crippen LogP contribution in [0.1, 0.15) is 5.56 Å². The van der Waals surface area contributed by atoms with E-state index in [1.807, 2.05) is 30.3 Å². The van der Waals surface area contributed by atoms with Crippen LogP contribution in [-0.2, 0) is 6.54 Å². The van der Waals surface area contributed by atoms with E-state index in [2.05, 4.69) is 15.9 Å². The van der Waals surface area contributed by atoms with Crippen molar-refractivity contribution in [3.05, 3.63) is 59.9 Å². The van der Waals surface area contributed by atoms with Gasteiger partial charge in [0.1, 0.15) is 5.82 Å². The summed E-state index contributed by atoms with van der Waals surface area (Å²) >= 11 is 0. The average molecular weight is 285 g/mol. The summed E-state index contributed by atoms with van der Waals surface area (Å²) in [6.07, 6.45) is 0. The molecular formula is C17H20FN3. The van der Waals surface area contributed by atoms with E-state index in [9.17, 15) is 4.39 Å². The van der Waals surface area contributed by atoms with Crippen LogP contribution in [-0.4, -0.2) is 31.1 Å². The zero-order chi connectivity index (χ0) is 14.7. The second-order valence-electron chi connectivity index (χ2n) is 5.48. The maximum Gasteiger partial charge on any atom is 0.123 e. The number of nitrogens with two attached hydrogens (primary N) is 1. The molecule has 3 rings (SSSR count). The lowest BCUT2D eigenvalue weighted by molar-refractivity contribution is 0.250. The third-order valence-electron chi connectivity index (χ3n) is 3.93. The second kappa shape index (κ2) is 6.14. The van der Waals surface area contributed by atoms with Crippen LogP contribution < -0.4 is 10.6 Å². The molecular weight excluding hydrogens is 265 g/mol. The Bertz CT molecular complexity index is 589. The summed E-state index contributed by atoms with van der Waals surface area (Å²) in [6.45, 7) is 4.87. The maximum absolute atomic E-state index is 12.9. The van der Waals surface area contributed by atoms with Gasteiger partial charge in [0.15, 0.2) is 0 Å². The van der Waals surface area contributed by atoms with Crippen LogP contribution in [0.3, 0.4) is 0 Å². The molecule has 2 aromatic carbocycles. The van der Waals surface area contributed by atoms with E-state index >= 15 is 0 Å². The highest BCUT2D eigenvalue weighted by molar-refractivity contribution is 5.56. The number of benzene rings is 2. The summed E-state index contributed by atoms with van der Waals surface area (Å²) in [4.78, 5) is 4.76. The first-order valence-electron chi connectivity index (χ1n) is 7.28. The van der Waals surface area contributed by atoms with Crippen LogP contribution in [0.4, 0.5) is 15.8 Å². The molecule has 2 N–H and O–H groups in total. The van der Waals surface area contributed by atoms with E-state index in [4.69, 9.17) is 5.73 Å². The molecule has 4 heteroatoms. The summed E-state index contributed by atoms with van der Waals surface area (Å²) in [5.41, 5.74) is 9.00. The van der Waals surface area contributed by atoms with Crippen molar-refractivity contribution in [3.63, 3.8) is 0 Å². The fourth-order valence-corrected chi connectivity index (χ4v) is 2.73. The maximum atomic E-state index is 12.9. The second-order valence-corrected chi connectivity index (χ2v) is 5.48. The van der Waals surface area contributed by atoms with Gasteiger partial charge in [-0.25, -0.2) is 4.39 Å². The van der Waals surface area contributed by atoms with Crippen LogP contribution in [0.2, 0.25) is 0 Å². The van der Waals surface area contributed by atoms with E-state index in [1.165, 1.54) is 17.8 Å². The first-order chi connectivity index (χ1) is 10.2. The Labute approximate surface area is 124 Å². The van der Waals surface area contributed by atoms with Crippen LogP contribution >= 0.6 is 0 Å². The van der Waals surface area contributed by atoms with Crippen LogP contribution in [0.5, 0.6) is 0 Å². The molecule has 1 heterocycles. The fourth-order valence-electron chi connectivity index (χ4n) is 2.73. The Morgan fingerprint density at radius 3 is 2.33 bits per heavy atom. The quantitative estimate of drug-likeness (QED) is 0.880. The third-order valence-corrected chi connectivity index (χ3v) is 3.93. The molecule has 1 saturated heterocycles. The number of rotatable bonds is 3. The summed E-state index contributed by atoms with van der Waals surface area (Å²) < 4.78 is 12.9. The predicted octanol–water partition coefficient (Wildman–Crippen LogP) is 2.73. The van der Waals surface area contributed by atoms with Crippen molar-refractivity contribution < 1.29 is 4.39 Å². The molecule has 0 atom stereocenters. The number of halogens is 1. The van der Waals surface area contributed by atoms with Crippen molar-refractivity contribution in [2.45, 2.75) is 6.54 Å². The molecule has 0 bridgehead atoms. The smallest absolute Gasteiger partial charge is 0.123 e. The minimum atomic E-state index is -0.176.